The van der Waals surface area contributed by atoms with Gasteiger partial charge in [-0.05, 0) is 18.9 Å². The fourth-order valence-electron chi connectivity index (χ4n) is 2.31. The molecule has 0 bridgehead atoms. The number of hydrogen-bond donors (Lipinski definition) is 6. The number of benzene rings is 1. The Labute approximate surface area is 167 Å². The van der Waals surface area contributed by atoms with Crippen LogP contribution in [0.15, 0.2) is 30.3 Å². The number of nitrogens with two attached hydrogens (primary N) is 2. The summed E-state index contributed by atoms with van der Waals surface area (Å²) in [4.78, 5) is 57.7. The van der Waals surface area contributed by atoms with E-state index in [1.54, 1.807) is 0 Å². The van der Waals surface area contributed by atoms with Crippen molar-refractivity contribution >= 4 is 29.6 Å². The lowest BCUT2D eigenvalue weighted by atomic mass is 10.1. The molecule has 4 amide bonds. The highest BCUT2D eigenvalue weighted by atomic mass is 16.4. The maximum Gasteiger partial charge on any atom is 0.326 e. The number of carbonyl (C=O) groups is 5. The predicted octanol–water partition coefficient (Wildman–Crippen LogP) is -2.38. The highest BCUT2D eigenvalue weighted by molar-refractivity contribution is 5.93. The summed E-state index contributed by atoms with van der Waals surface area (Å²) in [7, 11) is 0. The van der Waals surface area contributed by atoms with Crippen LogP contribution in [0.3, 0.4) is 0 Å². The van der Waals surface area contributed by atoms with E-state index in [1.807, 2.05) is 30.3 Å². The molecule has 3 unspecified atom stereocenters. The normalized spacial score (nSPS) is 13.4. The minimum absolute atomic E-state index is 0.292. The second-order valence-corrected chi connectivity index (χ2v) is 6.37. The Morgan fingerprint density at radius 1 is 1.03 bits per heavy atom. The summed E-state index contributed by atoms with van der Waals surface area (Å²) in [6, 6.07) is 5.79. The summed E-state index contributed by atoms with van der Waals surface area (Å²) in [5, 5.41) is 15.7. The van der Waals surface area contributed by atoms with E-state index in [4.69, 9.17) is 16.6 Å². The molecule has 0 aromatic heterocycles. The Kier molecular flexibility index (Phi) is 9.26. The van der Waals surface area contributed by atoms with Crippen LogP contribution in [0, 0.1) is 0 Å². The summed E-state index contributed by atoms with van der Waals surface area (Å²) in [5.74, 6) is -4.36. The van der Waals surface area contributed by atoms with Crippen molar-refractivity contribution in [1.82, 2.24) is 16.0 Å². The topological polar surface area (TPSA) is 194 Å². The minimum atomic E-state index is -1.50. The molecule has 1 aromatic carbocycles. The van der Waals surface area contributed by atoms with Crippen molar-refractivity contribution in [3.8, 4) is 0 Å². The van der Waals surface area contributed by atoms with Crippen LogP contribution in [0.1, 0.15) is 18.9 Å². The van der Waals surface area contributed by atoms with E-state index in [1.165, 1.54) is 6.92 Å². The van der Waals surface area contributed by atoms with E-state index in [0.717, 1.165) is 5.56 Å². The van der Waals surface area contributed by atoms with Gasteiger partial charge in [-0.1, -0.05) is 30.3 Å². The summed E-state index contributed by atoms with van der Waals surface area (Å²) in [6.07, 6.45) is -0.291. The third kappa shape index (κ3) is 8.84. The number of carboxylic acids is 1. The first kappa shape index (κ1) is 23.6. The van der Waals surface area contributed by atoms with Gasteiger partial charge in [0, 0.05) is 0 Å². The van der Waals surface area contributed by atoms with Gasteiger partial charge in [0.25, 0.3) is 0 Å². The minimum Gasteiger partial charge on any atom is -0.480 e. The van der Waals surface area contributed by atoms with Crippen LogP contribution in [-0.2, 0) is 30.4 Å². The summed E-state index contributed by atoms with van der Waals surface area (Å²) < 4.78 is 0. The molecule has 0 fully saturated rings. The van der Waals surface area contributed by atoms with Gasteiger partial charge in [0.15, 0.2) is 0 Å². The zero-order valence-electron chi connectivity index (χ0n) is 15.9. The quantitative estimate of drug-likeness (QED) is 0.236. The molecule has 0 radical (unpaired) electrons. The number of carbonyl (C=O) groups excluding carboxylic acids is 4. The molecule has 3 atom stereocenters. The van der Waals surface area contributed by atoms with Crippen molar-refractivity contribution in [2.75, 3.05) is 6.54 Å². The zero-order chi connectivity index (χ0) is 22.0. The lowest BCUT2D eigenvalue weighted by molar-refractivity contribution is -0.143. The number of aliphatic carboxylic acids is 1. The summed E-state index contributed by atoms with van der Waals surface area (Å²) >= 11 is 0. The van der Waals surface area contributed by atoms with Crippen LogP contribution in [0.25, 0.3) is 0 Å². The SMILES string of the molecule is CC(NC(=O)C(N)Cc1ccccc1)C(=O)NCC(=O)NC(CC(N)=O)C(=O)O. The predicted molar refractivity (Wildman–Crippen MR) is 102 cm³/mol. The Balaban J connectivity index is 2.44. The van der Waals surface area contributed by atoms with E-state index in [9.17, 15) is 24.0 Å². The Morgan fingerprint density at radius 3 is 2.21 bits per heavy atom. The molecule has 11 heteroatoms. The molecule has 1 aromatic rings. The number of nitrogens with one attached hydrogen (secondary N) is 3. The first-order valence-electron chi connectivity index (χ1n) is 8.78. The maximum absolute atomic E-state index is 12.1. The van der Waals surface area contributed by atoms with Crippen LogP contribution < -0.4 is 27.4 Å². The molecule has 158 valence electrons. The maximum atomic E-state index is 12.1. The fourth-order valence-corrected chi connectivity index (χ4v) is 2.31. The molecule has 0 aliphatic rings. The molecular formula is C18H25N5O6. The Hall–Kier alpha value is -3.47. The third-order valence-corrected chi connectivity index (χ3v) is 3.85. The Bertz CT molecular complexity index is 754. The first-order chi connectivity index (χ1) is 13.6. The molecular weight excluding hydrogens is 382 g/mol. The molecule has 11 nitrogen and oxygen atoms in total. The van der Waals surface area contributed by atoms with Gasteiger partial charge in [0.05, 0.1) is 19.0 Å². The number of carboxylic acid groups (broad SMARTS) is 1. The molecule has 1 rings (SSSR count). The molecule has 0 spiro atoms. The molecule has 0 saturated heterocycles. The average molecular weight is 407 g/mol. The molecule has 8 N–H and O–H groups in total. The highest BCUT2D eigenvalue weighted by Crippen LogP contribution is 2.02. The van der Waals surface area contributed by atoms with Gasteiger partial charge < -0.3 is 32.5 Å². The number of rotatable bonds is 11. The smallest absolute Gasteiger partial charge is 0.326 e. The van der Waals surface area contributed by atoms with Crippen molar-refractivity contribution in [3.63, 3.8) is 0 Å². The zero-order valence-corrected chi connectivity index (χ0v) is 15.9. The third-order valence-electron chi connectivity index (χ3n) is 3.85. The van der Waals surface area contributed by atoms with Gasteiger partial charge in [-0.3, -0.25) is 19.2 Å². The van der Waals surface area contributed by atoms with E-state index in [-0.39, 0.29) is 0 Å². The second kappa shape index (κ2) is 11.4. The standard InChI is InChI=1S/C18H25N5O6/c1-10(22-17(27)12(19)7-11-5-3-2-4-6-11)16(26)21-9-15(25)23-13(18(28)29)8-14(20)24/h2-6,10,12-13H,7-9,19H2,1H3,(H2,20,24)(H,21,26)(H,22,27)(H,23,25)(H,28,29). The van der Waals surface area contributed by atoms with Gasteiger partial charge in [0.2, 0.25) is 23.6 Å². The Morgan fingerprint density at radius 2 is 1.66 bits per heavy atom. The number of hydrogen-bond acceptors (Lipinski definition) is 6. The van der Waals surface area contributed by atoms with E-state index >= 15 is 0 Å². The fraction of sp³-hybridized carbons (Fsp3) is 0.389. The van der Waals surface area contributed by atoms with Crippen LogP contribution in [-0.4, -0.2) is 59.4 Å². The van der Waals surface area contributed by atoms with Gasteiger partial charge in [-0.25, -0.2) is 4.79 Å². The van der Waals surface area contributed by atoms with Crippen molar-refractivity contribution in [2.24, 2.45) is 11.5 Å². The summed E-state index contributed by atoms with van der Waals surface area (Å²) in [6.45, 7) is 0.866. The first-order valence-corrected chi connectivity index (χ1v) is 8.78. The number of primary amides is 1. The second-order valence-electron chi connectivity index (χ2n) is 6.37. The summed E-state index contributed by atoms with van der Waals surface area (Å²) in [5.41, 5.74) is 11.6. The number of amides is 4. The van der Waals surface area contributed by atoms with Crippen molar-refractivity contribution in [2.45, 2.75) is 37.9 Å². The molecule has 0 aliphatic heterocycles. The van der Waals surface area contributed by atoms with Crippen LogP contribution >= 0.6 is 0 Å². The monoisotopic (exact) mass is 407 g/mol. The van der Waals surface area contributed by atoms with Crippen molar-refractivity contribution in [3.05, 3.63) is 35.9 Å². The van der Waals surface area contributed by atoms with Gasteiger partial charge in [0.1, 0.15) is 12.1 Å². The van der Waals surface area contributed by atoms with Gasteiger partial charge in [-0.15, -0.1) is 0 Å². The molecule has 0 saturated carbocycles. The van der Waals surface area contributed by atoms with Gasteiger partial charge >= 0.3 is 5.97 Å². The van der Waals surface area contributed by atoms with Gasteiger partial charge in [-0.2, -0.15) is 0 Å². The largest absolute Gasteiger partial charge is 0.480 e. The molecule has 0 heterocycles. The van der Waals surface area contributed by atoms with E-state index in [0.29, 0.717) is 6.42 Å². The van der Waals surface area contributed by atoms with E-state index in [2.05, 4.69) is 16.0 Å². The van der Waals surface area contributed by atoms with E-state index < -0.39 is 60.7 Å². The van der Waals surface area contributed by atoms with Crippen LogP contribution in [0.4, 0.5) is 0 Å². The van der Waals surface area contributed by atoms with Crippen molar-refractivity contribution in [1.29, 1.82) is 0 Å². The molecule has 29 heavy (non-hydrogen) atoms. The van der Waals surface area contributed by atoms with Crippen molar-refractivity contribution < 1.29 is 29.1 Å². The lowest BCUT2D eigenvalue weighted by Crippen LogP contribution is -2.53. The van der Waals surface area contributed by atoms with Crippen LogP contribution in [0.5, 0.6) is 0 Å². The molecule has 0 aliphatic carbocycles. The van der Waals surface area contributed by atoms with Crippen LogP contribution in [0.2, 0.25) is 0 Å². The highest BCUT2D eigenvalue weighted by Gasteiger charge is 2.24. The average Bonchev–Trinajstić information content (AvgIpc) is 2.65. The lowest BCUT2D eigenvalue weighted by Gasteiger charge is -2.18.